The highest BCUT2D eigenvalue weighted by molar-refractivity contribution is 7.10. The normalized spacial score (nSPS) is 18.5. The number of benzene rings is 1. The van der Waals surface area contributed by atoms with Gasteiger partial charge < -0.3 is 0 Å². The standard InChI is InChI=1S/C18H15NO3S/c20-18-14(10-13-4-1-7-16(11-13)19(21)22)5-2-6-15(18)12-17-8-3-9-23-17/h1,3-4,7-12H,2,5-6H2. The Morgan fingerprint density at radius 2 is 1.87 bits per heavy atom. The van der Waals surface area contributed by atoms with E-state index in [1.165, 1.54) is 12.1 Å². The lowest BCUT2D eigenvalue weighted by molar-refractivity contribution is -0.384. The summed E-state index contributed by atoms with van der Waals surface area (Å²) in [6.45, 7) is 0. The van der Waals surface area contributed by atoms with Gasteiger partial charge in [-0.3, -0.25) is 14.9 Å². The van der Waals surface area contributed by atoms with Crippen LogP contribution in [0.5, 0.6) is 0 Å². The predicted molar refractivity (Wildman–Crippen MR) is 92.2 cm³/mol. The van der Waals surface area contributed by atoms with Crippen molar-refractivity contribution in [3.63, 3.8) is 0 Å². The van der Waals surface area contributed by atoms with Crippen LogP contribution in [0.2, 0.25) is 0 Å². The molecular formula is C18H15NO3S. The Labute approximate surface area is 137 Å². The molecule has 0 unspecified atom stereocenters. The first kappa shape index (κ1) is 15.4. The first-order valence-electron chi connectivity index (χ1n) is 7.37. The molecule has 3 rings (SSSR count). The van der Waals surface area contributed by atoms with Crippen LogP contribution in [0.25, 0.3) is 12.2 Å². The highest BCUT2D eigenvalue weighted by Crippen LogP contribution is 2.29. The minimum atomic E-state index is -0.424. The molecule has 1 aliphatic rings. The van der Waals surface area contributed by atoms with Gasteiger partial charge in [-0.2, -0.15) is 0 Å². The van der Waals surface area contributed by atoms with Gasteiger partial charge in [0.1, 0.15) is 0 Å². The first-order chi connectivity index (χ1) is 11.1. The molecule has 0 spiro atoms. The Balaban J connectivity index is 1.89. The zero-order valence-electron chi connectivity index (χ0n) is 12.4. The molecule has 0 amide bonds. The van der Waals surface area contributed by atoms with Gasteiger partial charge in [-0.05, 0) is 48.4 Å². The van der Waals surface area contributed by atoms with E-state index in [1.807, 2.05) is 23.6 Å². The summed E-state index contributed by atoms with van der Waals surface area (Å²) in [6, 6.07) is 10.3. The molecule has 23 heavy (non-hydrogen) atoms. The van der Waals surface area contributed by atoms with Crippen LogP contribution in [-0.4, -0.2) is 10.7 Å². The van der Waals surface area contributed by atoms with Crippen LogP contribution in [0.15, 0.2) is 52.9 Å². The van der Waals surface area contributed by atoms with Gasteiger partial charge >= 0.3 is 0 Å². The number of non-ortho nitro benzene ring substituents is 1. The fourth-order valence-electron chi connectivity index (χ4n) is 2.65. The van der Waals surface area contributed by atoms with Crippen LogP contribution in [-0.2, 0) is 4.79 Å². The maximum atomic E-state index is 12.6. The zero-order chi connectivity index (χ0) is 16.2. The van der Waals surface area contributed by atoms with Gasteiger partial charge in [0.25, 0.3) is 5.69 Å². The van der Waals surface area contributed by atoms with Crippen molar-refractivity contribution >= 4 is 35.0 Å². The predicted octanol–water partition coefficient (Wildman–Crippen LogP) is 4.88. The number of carbonyl (C=O) groups is 1. The molecule has 0 saturated heterocycles. The Hall–Kier alpha value is -2.53. The van der Waals surface area contributed by atoms with Crippen molar-refractivity contribution in [1.82, 2.24) is 0 Å². The minimum Gasteiger partial charge on any atom is -0.289 e. The summed E-state index contributed by atoms with van der Waals surface area (Å²) in [5.74, 6) is 0.0520. The molecule has 1 aromatic carbocycles. The molecule has 0 N–H and O–H groups in total. The molecule has 0 bridgehead atoms. The molecule has 2 aromatic rings. The van der Waals surface area contributed by atoms with Crippen LogP contribution in [0.1, 0.15) is 29.7 Å². The molecule has 5 heteroatoms. The van der Waals surface area contributed by atoms with Crippen molar-refractivity contribution < 1.29 is 9.72 Å². The van der Waals surface area contributed by atoms with E-state index in [0.717, 1.165) is 28.9 Å². The third-order valence-electron chi connectivity index (χ3n) is 3.76. The van der Waals surface area contributed by atoms with Gasteiger partial charge in [0, 0.05) is 28.2 Å². The molecule has 1 aliphatic carbocycles. The maximum absolute atomic E-state index is 12.6. The van der Waals surface area contributed by atoms with Crippen molar-refractivity contribution in [2.24, 2.45) is 0 Å². The molecule has 116 valence electrons. The summed E-state index contributed by atoms with van der Waals surface area (Å²) in [7, 11) is 0. The third-order valence-corrected chi connectivity index (χ3v) is 4.58. The van der Waals surface area contributed by atoms with Crippen LogP contribution in [0.4, 0.5) is 5.69 Å². The van der Waals surface area contributed by atoms with E-state index < -0.39 is 4.92 Å². The molecule has 0 radical (unpaired) electrons. The zero-order valence-corrected chi connectivity index (χ0v) is 13.2. The Bertz CT molecular complexity index is 803. The molecule has 1 heterocycles. The molecular weight excluding hydrogens is 310 g/mol. The highest BCUT2D eigenvalue weighted by atomic mass is 32.1. The second-order valence-corrected chi connectivity index (χ2v) is 6.37. The van der Waals surface area contributed by atoms with Gasteiger partial charge in [-0.15, -0.1) is 11.3 Å². The topological polar surface area (TPSA) is 60.2 Å². The van der Waals surface area contributed by atoms with Gasteiger partial charge in [-0.25, -0.2) is 0 Å². The third kappa shape index (κ3) is 3.63. The van der Waals surface area contributed by atoms with Gasteiger partial charge in [0.2, 0.25) is 0 Å². The van der Waals surface area contributed by atoms with E-state index in [4.69, 9.17) is 0 Å². The number of allylic oxidation sites excluding steroid dienone is 2. The molecule has 1 fully saturated rings. The lowest BCUT2D eigenvalue weighted by Gasteiger charge is -2.16. The molecule has 0 atom stereocenters. The number of hydrogen-bond donors (Lipinski definition) is 0. The quantitative estimate of drug-likeness (QED) is 0.459. The number of hydrogen-bond acceptors (Lipinski definition) is 4. The number of nitro groups is 1. The number of nitrogens with zero attached hydrogens (tertiary/aromatic N) is 1. The number of nitro benzene ring substituents is 1. The number of thiophene rings is 1. The maximum Gasteiger partial charge on any atom is 0.270 e. The van der Waals surface area contributed by atoms with Crippen molar-refractivity contribution in [2.45, 2.75) is 19.3 Å². The smallest absolute Gasteiger partial charge is 0.270 e. The lowest BCUT2D eigenvalue weighted by Crippen LogP contribution is -2.12. The monoisotopic (exact) mass is 325 g/mol. The van der Waals surface area contributed by atoms with E-state index in [1.54, 1.807) is 29.5 Å². The molecule has 0 aliphatic heterocycles. The van der Waals surface area contributed by atoms with Crippen LogP contribution in [0.3, 0.4) is 0 Å². The summed E-state index contributed by atoms with van der Waals surface area (Å²) >= 11 is 1.61. The van der Waals surface area contributed by atoms with Gasteiger partial charge in [0.05, 0.1) is 4.92 Å². The van der Waals surface area contributed by atoms with E-state index in [-0.39, 0.29) is 11.5 Å². The van der Waals surface area contributed by atoms with Crippen molar-refractivity contribution in [1.29, 1.82) is 0 Å². The van der Waals surface area contributed by atoms with E-state index in [9.17, 15) is 14.9 Å². The fraction of sp³-hybridized carbons (Fsp3) is 0.167. The van der Waals surface area contributed by atoms with Crippen molar-refractivity contribution in [2.75, 3.05) is 0 Å². The Morgan fingerprint density at radius 1 is 1.09 bits per heavy atom. The SMILES string of the molecule is O=C1C(=Cc2cccc([N+](=O)[O-])c2)CCCC1=Cc1cccs1. The summed E-state index contributed by atoms with van der Waals surface area (Å²) in [4.78, 5) is 24.1. The lowest BCUT2D eigenvalue weighted by atomic mass is 9.87. The van der Waals surface area contributed by atoms with Gasteiger partial charge in [0.15, 0.2) is 5.78 Å². The number of ketones is 1. The number of rotatable bonds is 3. The number of carbonyl (C=O) groups excluding carboxylic acids is 1. The van der Waals surface area contributed by atoms with Crippen molar-refractivity contribution in [3.05, 3.63) is 73.5 Å². The van der Waals surface area contributed by atoms with Crippen LogP contribution >= 0.6 is 11.3 Å². The first-order valence-corrected chi connectivity index (χ1v) is 8.25. The molecule has 1 aromatic heterocycles. The second-order valence-electron chi connectivity index (χ2n) is 5.39. The average molecular weight is 325 g/mol. The largest absolute Gasteiger partial charge is 0.289 e. The van der Waals surface area contributed by atoms with E-state index in [2.05, 4.69) is 0 Å². The summed E-state index contributed by atoms with van der Waals surface area (Å²) in [6.07, 6.45) is 6.14. The van der Waals surface area contributed by atoms with E-state index >= 15 is 0 Å². The average Bonchev–Trinajstić information content (AvgIpc) is 3.04. The fourth-order valence-corrected chi connectivity index (χ4v) is 3.33. The molecule has 4 nitrogen and oxygen atoms in total. The van der Waals surface area contributed by atoms with Crippen LogP contribution in [0, 0.1) is 10.1 Å². The highest BCUT2D eigenvalue weighted by Gasteiger charge is 2.20. The Kier molecular flexibility index (Phi) is 4.48. The summed E-state index contributed by atoms with van der Waals surface area (Å²) in [5, 5.41) is 12.8. The second kappa shape index (κ2) is 6.71. The summed E-state index contributed by atoms with van der Waals surface area (Å²) < 4.78 is 0. The number of Topliss-reactive ketones (excluding diaryl/α,β-unsaturated/α-hetero) is 1. The minimum absolute atomic E-state index is 0.0389. The summed E-state index contributed by atoms with van der Waals surface area (Å²) in [5.41, 5.74) is 2.27. The van der Waals surface area contributed by atoms with Crippen molar-refractivity contribution in [3.8, 4) is 0 Å². The van der Waals surface area contributed by atoms with E-state index in [0.29, 0.717) is 12.0 Å². The molecule has 1 saturated carbocycles. The van der Waals surface area contributed by atoms with Crippen LogP contribution < -0.4 is 0 Å². The Morgan fingerprint density at radius 3 is 2.57 bits per heavy atom. The van der Waals surface area contributed by atoms with Gasteiger partial charge in [-0.1, -0.05) is 18.2 Å².